The van der Waals surface area contributed by atoms with Crippen molar-refractivity contribution in [3.63, 3.8) is 0 Å². The summed E-state index contributed by atoms with van der Waals surface area (Å²) in [4.78, 5) is 19.5. The highest BCUT2D eigenvalue weighted by atomic mass is 35.5. The zero-order chi connectivity index (χ0) is 15.1. The Morgan fingerprint density at radius 2 is 1.75 bits per heavy atom. The van der Waals surface area contributed by atoms with Gasteiger partial charge in [-0.2, -0.15) is 0 Å². The molecule has 9 heteroatoms. The Morgan fingerprint density at radius 3 is 2.25 bits per heavy atom. The van der Waals surface area contributed by atoms with Gasteiger partial charge in [0.2, 0.25) is 0 Å². The quantitative estimate of drug-likeness (QED) is 0.340. The molecule has 0 saturated carbocycles. The normalized spacial score (nSPS) is 12.8. The van der Waals surface area contributed by atoms with E-state index in [4.69, 9.17) is 23.2 Å². The van der Waals surface area contributed by atoms with E-state index in [1.165, 1.54) is 0 Å². The smallest absolute Gasteiger partial charge is 0.258 e. The lowest BCUT2D eigenvalue weighted by Gasteiger charge is -2.00. The molecule has 20 heavy (non-hydrogen) atoms. The van der Waals surface area contributed by atoms with E-state index < -0.39 is 20.7 Å². The summed E-state index contributed by atoms with van der Waals surface area (Å²) in [5.41, 5.74) is 0.317. The fourth-order valence-corrected chi connectivity index (χ4v) is 2.30. The summed E-state index contributed by atoms with van der Waals surface area (Å²) in [5.74, 6) is 0.404. The molecule has 0 saturated heterocycles. The van der Waals surface area contributed by atoms with Crippen LogP contribution in [-0.2, 0) is 5.75 Å². The van der Waals surface area contributed by atoms with Crippen LogP contribution < -0.4 is 0 Å². The third-order valence-corrected chi connectivity index (χ3v) is 3.75. The summed E-state index contributed by atoms with van der Waals surface area (Å²) >= 11 is 12.1. The van der Waals surface area contributed by atoms with Crippen LogP contribution in [0, 0.1) is 20.2 Å². The lowest BCUT2D eigenvalue weighted by atomic mass is 10.2. The van der Waals surface area contributed by atoms with Crippen molar-refractivity contribution in [2.75, 3.05) is 0 Å². The monoisotopic (exact) mass is 334 g/mol. The Hall–Kier alpha value is -1.57. The van der Waals surface area contributed by atoms with Gasteiger partial charge in [-0.15, -0.1) is 11.8 Å². The molecular formula is C11H8Cl2N2O4S. The van der Waals surface area contributed by atoms with Crippen LogP contribution in [0.25, 0.3) is 0 Å². The van der Waals surface area contributed by atoms with E-state index in [-0.39, 0.29) is 4.36 Å². The third kappa shape index (κ3) is 5.20. The van der Waals surface area contributed by atoms with Crippen LogP contribution in [0.2, 0.25) is 0 Å². The molecule has 0 amide bonds. The van der Waals surface area contributed by atoms with Crippen LogP contribution in [0.4, 0.5) is 0 Å². The number of hydrogen-bond acceptors (Lipinski definition) is 5. The number of thioether (sulfide) groups is 1. The second-order valence-electron chi connectivity index (χ2n) is 3.41. The van der Waals surface area contributed by atoms with Crippen LogP contribution in [0.1, 0.15) is 5.56 Å². The van der Waals surface area contributed by atoms with Gasteiger partial charge in [-0.25, -0.2) is 0 Å². The zero-order valence-electron chi connectivity index (χ0n) is 9.86. The van der Waals surface area contributed by atoms with E-state index in [2.05, 4.69) is 0 Å². The lowest BCUT2D eigenvalue weighted by molar-refractivity contribution is -0.427. The van der Waals surface area contributed by atoms with E-state index >= 15 is 0 Å². The number of allylic oxidation sites excluding steroid dienone is 1. The van der Waals surface area contributed by atoms with Crippen molar-refractivity contribution < 1.29 is 9.85 Å². The van der Waals surface area contributed by atoms with Gasteiger partial charge in [0.1, 0.15) is 6.08 Å². The molecule has 0 aliphatic carbocycles. The van der Waals surface area contributed by atoms with Gasteiger partial charge >= 0.3 is 10.9 Å². The Labute approximate surface area is 128 Å². The Bertz CT molecular complexity index is 575. The Kier molecular flexibility index (Phi) is 6.50. The largest absolute Gasteiger partial charge is 0.344 e. The molecule has 0 N–H and O–H groups in total. The molecule has 0 aliphatic rings. The molecule has 0 atom stereocenters. The van der Waals surface area contributed by atoms with E-state index in [0.29, 0.717) is 11.8 Å². The first-order chi connectivity index (χ1) is 9.41. The maximum absolute atomic E-state index is 10.8. The minimum absolute atomic E-state index is 0.168. The Balaban J connectivity index is 2.90. The average Bonchev–Trinajstić information content (AvgIpc) is 2.42. The molecule has 0 unspecified atom stereocenters. The van der Waals surface area contributed by atoms with Crippen molar-refractivity contribution in [2.24, 2.45) is 0 Å². The summed E-state index contributed by atoms with van der Waals surface area (Å²) in [6, 6.07) is 9.16. The molecule has 6 nitrogen and oxygen atoms in total. The van der Waals surface area contributed by atoms with E-state index in [0.717, 1.165) is 17.3 Å². The van der Waals surface area contributed by atoms with Gasteiger partial charge in [0, 0.05) is 5.75 Å². The van der Waals surface area contributed by atoms with E-state index in [1.54, 1.807) is 0 Å². The summed E-state index contributed by atoms with van der Waals surface area (Å²) in [7, 11) is 0. The fraction of sp³-hybridized carbons (Fsp3) is 0.0909. The molecule has 1 aromatic rings. The van der Waals surface area contributed by atoms with Crippen molar-refractivity contribution >= 4 is 35.0 Å². The van der Waals surface area contributed by atoms with Gasteiger partial charge in [0.25, 0.3) is 0 Å². The van der Waals surface area contributed by atoms with Gasteiger partial charge in [-0.1, -0.05) is 41.9 Å². The highest BCUT2D eigenvalue weighted by molar-refractivity contribution is 8.03. The van der Waals surface area contributed by atoms with Crippen LogP contribution >= 0.6 is 35.0 Å². The van der Waals surface area contributed by atoms with Crippen molar-refractivity contribution in [2.45, 2.75) is 5.75 Å². The van der Waals surface area contributed by atoms with Crippen molar-refractivity contribution in [1.82, 2.24) is 0 Å². The van der Waals surface area contributed by atoms with E-state index in [9.17, 15) is 20.2 Å². The molecule has 1 aromatic carbocycles. The van der Waals surface area contributed by atoms with E-state index in [1.807, 2.05) is 30.3 Å². The summed E-state index contributed by atoms with van der Waals surface area (Å²) < 4.78 is -0.168. The molecule has 0 bridgehead atoms. The first-order valence-electron chi connectivity index (χ1n) is 5.14. The summed E-state index contributed by atoms with van der Waals surface area (Å²) in [6.45, 7) is 0. The Morgan fingerprint density at radius 1 is 1.15 bits per heavy atom. The highest BCUT2D eigenvalue weighted by Gasteiger charge is 2.20. The lowest BCUT2D eigenvalue weighted by Crippen LogP contribution is -2.00. The predicted octanol–water partition coefficient (Wildman–Crippen LogP) is 3.96. The maximum atomic E-state index is 10.8. The van der Waals surface area contributed by atoms with Gasteiger partial charge < -0.3 is 0 Å². The van der Waals surface area contributed by atoms with Gasteiger partial charge in [0.05, 0.1) is 9.85 Å². The second kappa shape index (κ2) is 7.88. The summed E-state index contributed by atoms with van der Waals surface area (Å²) in [6.07, 6.45) is 0.627. The molecule has 0 aromatic heterocycles. The van der Waals surface area contributed by atoms with Gasteiger partial charge in [0.15, 0.2) is 4.36 Å². The third-order valence-electron chi connectivity index (χ3n) is 2.04. The minimum atomic E-state index is -0.933. The fourth-order valence-electron chi connectivity index (χ4n) is 1.14. The molecule has 0 fully saturated rings. The molecule has 106 valence electrons. The maximum Gasteiger partial charge on any atom is 0.344 e. The average molecular weight is 335 g/mol. The SMILES string of the molecule is O=[N+]([O-])/C(Cl)=C/C(=C(/Cl)SCc1ccccc1)[N+](=O)[O-]. The van der Waals surface area contributed by atoms with Crippen molar-refractivity contribution in [1.29, 1.82) is 0 Å². The number of hydrogen-bond donors (Lipinski definition) is 0. The van der Waals surface area contributed by atoms with Gasteiger partial charge in [-0.05, 0) is 17.2 Å². The molecule has 0 radical (unpaired) electrons. The topological polar surface area (TPSA) is 86.3 Å². The van der Waals surface area contributed by atoms with Crippen LogP contribution in [0.5, 0.6) is 0 Å². The second-order valence-corrected chi connectivity index (χ2v) is 5.39. The molecule has 0 spiro atoms. The number of rotatable bonds is 6. The zero-order valence-corrected chi connectivity index (χ0v) is 12.2. The van der Waals surface area contributed by atoms with Crippen molar-refractivity contribution in [3.05, 3.63) is 77.4 Å². The van der Waals surface area contributed by atoms with Crippen LogP contribution in [-0.4, -0.2) is 9.85 Å². The first kappa shape index (κ1) is 16.5. The molecule has 1 rings (SSSR count). The van der Waals surface area contributed by atoms with Crippen LogP contribution in [0.15, 0.2) is 51.6 Å². The minimum Gasteiger partial charge on any atom is -0.258 e. The number of benzene rings is 1. The first-order valence-corrected chi connectivity index (χ1v) is 6.88. The molecular weight excluding hydrogens is 327 g/mol. The number of nitrogens with zero attached hydrogens (tertiary/aromatic N) is 2. The standard InChI is InChI=1S/C11H8Cl2N2O4S/c12-10(15(18)19)6-9(14(16)17)11(13)20-7-8-4-2-1-3-5-8/h1-6H,7H2/b10-6+,11-9+. The summed E-state index contributed by atoms with van der Waals surface area (Å²) in [5, 5.41) is 20.3. The van der Waals surface area contributed by atoms with Gasteiger partial charge in [-0.3, -0.25) is 20.2 Å². The van der Waals surface area contributed by atoms with Crippen LogP contribution in [0.3, 0.4) is 0 Å². The number of nitro groups is 2. The molecule has 0 heterocycles. The molecule has 0 aliphatic heterocycles. The highest BCUT2D eigenvalue weighted by Crippen LogP contribution is 2.29. The predicted molar refractivity (Wildman–Crippen MR) is 78.5 cm³/mol. The number of halogens is 2. The van der Waals surface area contributed by atoms with Crippen molar-refractivity contribution in [3.8, 4) is 0 Å².